The number of esters is 1. The van der Waals surface area contributed by atoms with Crippen molar-refractivity contribution in [3.63, 3.8) is 0 Å². The summed E-state index contributed by atoms with van der Waals surface area (Å²) in [5.74, 6) is -1.96. The lowest BCUT2D eigenvalue weighted by molar-refractivity contribution is -0.154. The van der Waals surface area contributed by atoms with E-state index < -0.39 is 34.2 Å². The minimum absolute atomic E-state index is 0.0590. The van der Waals surface area contributed by atoms with Crippen molar-refractivity contribution in [1.29, 1.82) is 0 Å². The number of rotatable bonds is 13. The Labute approximate surface area is 243 Å². The maximum absolute atomic E-state index is 14.6. The van der Waals surface area contributed by atoms with Crippen molar-refractivity contribution in [2.45, 2.75) is 86.9 Å². The third-order valence-corrected chi connectivity index (χ3v) is 10.5. The third-order valence-electron chi connectivity index (χ3n) is 8.60. The summed E-state index contributed by atoms with van der Waals surface area (Å²) >= 11 is 1.63. The van der Waals surface area contributed by atoms with Gasteiger partial charge >= 0.3 is 5.97 Å². The Kier molecular flexibility index (Phi) is 9.51. The van der Waals surface area contributed by atoms with Crippen LogP contribution >= 0.6 is 11.8 Å². The van der Waals surface area contributed by atoms with Crippen molar-refractivity contribution in [2.75, 3.05) is 19.8 Å². The maximum Gasteiger partial charge on any atom is 0.310 e. The van der Waals surface area contributed by atoms with Gasteiger partial charge in [0.15, 0.2) is 0 Å². The summed E-state index contributed by atoms with van der Waals surface area (Å²) in [4.78, 5) is 45.9. The summed E-state index contributed by atoms with van der Waals surface area (Å²) in [6, 6.07) is 8.32. The quantitative estimate of drug-likeness (QED) is 0.216. The number of hydrogen-bond acceptors (Lipinski definition) is 6. The van der Waals surface area contributed by atoms with E-state index in [-0.39, 0.29) is 29.6 Å². The van der Waals surface area contributed by atoms with Gasteiger partial charge in [0.25, 0.3) is 0 Å². The second-order valence-corrected chi connectivity index (χ2v) is 13.8. The highest BCUT2D eigenvalue weighted by Gasteiger charge is 2.75. The van der Waals surface area contributed by atoms with Crippen LogP contribution in [0.4, 0.5) is 0 Å². The lowest BCUT2D eigenvalue weighted by Crippen LogP contribution is -2.60. The maximum atomic E-state index is 14.6. The number of allylic oxidation sites excluding steroid dienone is 1. The Morgan fingerprint density at radius 3 is 2.58 bits per heavy atom. The zero-order valence-electron chi connectivity index (χ0n) is 24.1. The van der Waals surface area contributed by atoms with Crippen LogP contribution in [0.2, 0.25) is 0 Å². The molecule has 3 aliphatic rings. The molecule has 2 unspecified atom stereocenters. The summed E-state index contributed by atoms with van der Waals surface area (Å²) in [5, 5.41) is 10.6. The Hall–Kier alpha value is -2.58. The van der Waals surface area contributed by atoms with Crippen molar-refractivity contribution in [3.05, 3.63) is 61.2 Å². The highest BCUT2D eigenvalue weighted by Crippen LogP contribution is 2.67. The van der Waals surface area contributed by atoms with Crippen LogP contribution in [0.1, 0.15) is 58.4 Å². The van der Waals surface area contributed by atoms with Gasteiger partial charge in [0.1, 0.15) is 6.04 Å². The van der Waals surface area contributed by atoms with E-state index in [1.165, 1.54) is 0 Å². The van der Waals surface area contributed by atoms with Crippen LogP contribution in [0.15, 0.2) is 55.6 Å². The first-order valence-corrected chi connectivity index (χ1v) is 15.3. The normalized spacial score (nSPS) is 27.8. The molecule has 2 amide bonds. The van der Waals surface area contributed by atoms with Gasteiger partial charge in [-0.15, -0.1) is 24.9 Å². The molecule has 218 valence electrons. The molecule has 3 saturated heterocycles. The number of fused-ring (bicyclic) bond motifs is 1. The molecule has 3 heterocycles. The molecule has 0 aliphatic carbocycles. The molecular weight excluding hydrogens is 524 g/mol. The third kappa shape index (κ3) is 5.62. The van der Waals surface area contributed by atoms with Crippen LogP contribution in [0.3, 0.4) is 0 Å². The fraction of sp³-hybridized carbons (Fsp3) is 0.594. The molecule has 1 N–H and O–H groups in total. The minimum Gasteiger partial charge on any atom is -0.465 e. The van der Waals surface area contributed by atoms with Crippen LogP contribution < -0.4 is 0 Å². The van der Waals surface area contributed by atoms with E-state index in [2.05, 4.69) is 13.2 Å². The minimum atomic E-state index is -0.787. The van der Waals surface area contributed by atoms with E-state index in [1.54, 1.807) is 27.6 Å². The van der Waals surface area contributed by atoms with Gasteiger partial charge in [0.2, 0.25) is 11.8 Å². The van der Waals surface area contributed by atoms with Crippen molar-refractivity contribution >= 4 is 29.5 Å². The summed E-state index contributed by atoms with van der Waals surface area (Å²) in [6.45, 7) is 13.9. The Balaban J connectivity index is 1.71. The largest absolute Gasteiger partial charge is 0.465 e. The number of amides is 2. The molecule has 7 nitrogen and oxygen atoms in total. The fourth-order valence-electron chi connectivity index (χ4n) is 6.80. The molecule has 8 heteroatoms. The molecular formula is C32H44N2O5S. The van der Waals surface area contributed by atoms with Crippen molar-refractivity contribution in [1.82, 2.24) is 9.80 Å². The van der Waals surface area contributed by atoms with Crippen LogP contribution in [0.5, 0.6) is 0 Å². The van der Waals surface area contributed by atoms with Gasteiger partial charge in [-0.25, -0.2) is 0 Å². The number of ether oxygens (including phenoxy) is 1. The van der Waals surface area contributed by atoms with E-state index >= 15 is 0 Å². The Bertz CT molecular complexity index is 1100. The van der Waals surface area contributed by atoms with E-state index in [0.29, 0.717) is 26.0 Å². The zero-order valence-corrected chi connectivity index (χ0v) is 24.9. The standard InChI is InChI=1S/C32H44N2O5S/c1-6-8-9-13-19-39-30(38)25-24-16-17-32(40-24)26(25)28(36)34(23(21-35)20-22-14-11-10-12-15-22)27(32)29(37)33(18-7-2)31(3,4)5/h6-7,10-12,14-15,23-27,35H,1-2,8-9,13,16-21H2,3-5H3/t23-,24-,25+,26+,27?,32?/m1/s1. The Morgan fingerprint density at radius 1 is 1.23 bits per heavy atom. The molecule has 0 radical (unpaired) electrons. The van der Waals surface area contributed by atoms with Crippen molar-refractivity contribution < 1.29 is 24.2 Å². The first-order valence-electron chi connectivity index (χ1n) is 14.5. The van der Waals surface area contributed by atoms with Crippen LogP contribution in [0.25, 0.3) is 0 Å². The topological polar surface area (TPSA) is 87.1 Å². The monoisotopic (exact) mass is 568 g/mol. The number of aliphatic hydroxyl groups excluding tert-OH is 1. The molecule has 40 heavy (non-hydrogen) atoms. The number of carbonyl (C=O) groups is 3. The fourth-order valence-corrected chi connectivity index (χ4v) is 8.99. The van der Waals surface area contributed by atoms with E-state index in [1.807, 2.05) is 57.2 Å². The smallest absolute Gasteiger partial charge is 0.310 e. The molecule has 0 aromatic heterocycles. The summed E-state index contributed by atoms with van der Waals surface area (Å²) in [6.07, 6.45) is 7.89. The van der Waals surface area contributed by atoms with Crippen LogP contribution in [0, 0.1) is 11.8 Å². The zero-order chi connectivity index (χ0) is 29.1. The predicted molar refractivity (Wildman–Crippen MR) is 159 cm³/mol. The summed E-state index contributed by atoms with van der Waals surface area (Å²) in [5.41, 5.74) is 0.467. The molecule has 1 spiro atoms. The molecule has 2 bridgehead atoms. The average Bonchev–Trinajstić information content (AvgIpc) is 3.57. The first-order chi connectivity index (χ1) is 19.1. The van der Waals surface area contributed by atoms with Crippen molar-refractivity contribution in [3.8, 4) is 0 Å². The van der Waals surface area contributed by atoms with Gasteiger partial charge in [-0.1, -0.05) is 42.5 Å². The Morgan fingerprint density at radius 2 is 1.95 bits per heavy atom. The van der Waals surface area contributed by atoms with Gasteiger partial charge in [0, 0.05) is 17.3 Å². The number of nitrogens with zero attached hydrogens (tertiary/aromatic N) is 2. The number of thioether (sulfide) groups is 1. The molecule has 3 aliphatic heterocycles. The van der Waals surface area contributed by atoms with Gasteiger partial charge < -0.3 is 19.6 Å². The SMILES string of the molecule is C=CCCCCOC(=O)[C@@H]1[C@H]2C(=O)N([C@@H](CO)Cc3ccccc3)C(C(=O)N(CC=C)C(C)(C)C)C23CC[C@H]1S3. The molecule has 3 fully saturated rings. The second kappa shape index (κ2) is 12.5. The second-order valence-electron chi connectivity index (χ2n) is 12.2. The highest BCUT2D eigenvalue weighted by molar-refractivity contribution is 8.02. The summed E-state index contributed by atoms with van der Waals surface area (Å²) < 4.78 is 4.98. The number of hydrogen-bond donors (Lipinski definition) is 1. The van der Waals surface area contributed by atoms with Crippen LogP contribution in [-0.2, 0) is 25.5 Å². The number of likely N-dealkylation sites (tertiary alicyclic amines) is 1. The molecule has 0 saturated carbocycles. The van der Waals surface area contributed by atoms with Gasteiger partial charge in [-0.2, -0.15) is 0 Å². The lowest BCUT2D eigenvalue weighted by Gasteiger charge is -2.43. The van der Waals surface area contributed by atoms with Crippen molar-refractivity contribution in [2.24, 2.45) is 11.8 Å². The average molecular weight is 569 g/mol. The van der Waals surface area contributed by atoms with Gasteiger partial charge in [-0.05, 0) is 64.9 Å². The molecule has 6 atom stereocenters. The highest BCUT2D eigenvalue weighted by atomic mass is 32.2. The number of aliphatic hydroxyl groups is 1. The molecule has 4 rings (SSSR count). The lowest BCUT2D eigenvalue weighted by atomic mass is 9.71. The first kappa shape index (κ1) is 30.4. The molecule has 1 aromatic carbocycles. The van der Waals surface area contributed by atoms with Gasteiger partial charge in [-0.3, -0.25) is 14.4 Å². The number of unbranched alkanes of at least 4 members (excludes halogenated alkanes) is 2. The van der Waals surface area contributed by atoms with Crippen LogP contribution in [-0.4, -0.2) is 80.1 Å². The number of benzene rings is 1. The number of carbonyl (C=O) groups excluding carboxylic acids is 3. The van der Waals surface area contributed by atoms with E-state index in [4.69, 9.17) is 4.74 Å². The molecule has 1 aromatic rings. The predicted octanol–water partition coefficient (Wildman–Crippen LogP) is 4.39. The van der Waals surface area contributed by atoms with E-state index in [0.717, 1.165) is 31.2 Å². The van der Waals surface area contributed by atoms with E-state index in [9.17, 15) is 19.5 Å². The summed E-state index contributed by atoms with van der Waals surface area (Å²) in [7, 11) is 0. The van der Waals surface area contributed by atoms with Gasteiger partial charge in [0.05, 0.1) is 35.8 Å².